The Balaban J connectivity index is 1.60. The van der Waals surface area contributed by atoms with Crippen molar-refractivity contribution < 1.29 is 14.3 Å². The molecular weight excluding hydrogens is 376 g/mol. The first-order valence-electron chi connectivity index (χ1n) is 8.03. The van der Waals surface area contributed by atoms with Crippen LogP contribution in [0.4, 0.5) is 0 Å². The molecule has 0 aliphatic heterocycles. The zero-order valence-corrected chi connectivity index (χ0v) is 15.5. The highest BCUT2D eigenvalue weighted by Crippen LogP contribution is 2.15. The molecule has 27 heavy (non-hydrogen) atoms. The van der Waals surface area contributed by atoms with E-state index < -0.39 is 17.2 Å². The number of fused-ring (bicyclic) bond motifs is 1. The van der Waals surface area contributed by atoms with Crippen LogP contribution in [0.25, 0.3) is 11.2 Å². The highest BCUT2D eigenvalue weighted by Gasteiger charge is 2.14. The quantitative estimate of drug-likeness (QED) is 0.573. The van der Waals surface area contributed by atoms with E-state index in [1.807, 2.05) is 0 Å². The third-order valence-electron chi connectivity index (χ3n) is 3.98. The van der Waals surface area contributed by atoms with Gasteiger partial charge in [-0.15, -0.1) is 0 Å². The van der Waals surface area contributed by atoms with Gasteiger partial charge in [0.1, 0.15) is 12.4 Å². The molecule has 1 aromatic carbocycles. The van der Waals surface area contributed by atoms with Crippen LogP contribution in [0.3, 0.4) is 0 Å². The molecular formula is C17H17ClN4O5. The number of carbonyl (C=O) groups excluding carboxylic acids is 1. The summed E-state index contributed by atoms with van der Waals surface area (Å²) in [5.41, 5.74) is -0.361. The van der Waals surface area contributed by atoms with E-state index in [1.165, 1.54) is 25.0 Å². The van der Waals surface area contributed by atoms with Crippen molar-refractivity contribution in [2.45, 2.75) is 6.54 Å². The van der Waals surface area contributed by atoms with Crippen LogP contribution in [-0.2, 0) is 30.2 Å². The van der Waals surface area contributed by atoms with Gasteiger partial charge in [-0.05, 0) is 24.3 Å². The van der Waals surface area contributed by atoms with Crippen molar-refractivity contribution in [3.8, 4) is 5.75 Å². The average molecular weight is 393 g/mol. The molecule has 2 heterocycles. The van der Waals surface area contributed by atoms with Crippen LogP contribution in [0, 0.1) is 0 Å². The van der Waals surface area contributed by atoms with Crippen molar-refractivity contribution in [3.05, 3.63) is 56.5 Å². The number of benzene rings is 1. The lowest BCUT2D eigenvalue weighted by molar-refractivity contribution is -0.146. The summed E-state index contributed by atoms with van der Waals surface area (Å²) in [6.45, 7) is -0.000525. The maximum atomic E-state index is 12.3. The van der Waals surface area contributed by atoms with Gasteiger partial charge in [0.05, 0.1) is 12.9 Å². The number of halogens is 1. The van der Waals surface area contributed by atoms with Gasteiger partial charge < -0.3 is 14.0 Å². The Morgan fingerprint density at radius 2 is 1.85 bits per heavy atom. The molecule has 0 saturated heterocycles. The van der Waals surface area contributed by atoms with Gasteiger partial charge in [-0.25, -0.2) is 14.6 Å². The molecule has 3 aromatic rings. The summed E-state index contributed by atoms with van der Waals surface area (Å²) in [4.78, 5) is 40.1. The number of aryl methyl sites for hydroxylation is 1. The molecule has 0 spiro atoms. The molecule has 2 aromatic heterocycles. The van der Waals surface area contributed by atoms with E-state index in [0.717, 1.165) is 4.57 Å². The summed E-state index contributed by atoms with van der Waals surface area (Å²) in [5.74, 6) is -0.0453. The van der Waals surface area contributed by atoms with Gasteiger partial charge >= 0.3 is 11.7 Å². The fourth-order valence-corrected chi connectivity index (χ4v) is 2.67. The van der Waals surface area contributed by atoms with Crippen molar-refractivity contribution >= 4 is 28.7 Å². The van der Waals surface area contributed by atoms with Gasteiger partial charge in [-0.3, -0.25) is 13.9 Å². The fraction of sp³-hybridized carbons (Fsp3) is 0.294. The second-order valence-corrected chi connectivity index (χ2v) is 6.22. The summed E-state index contributed by atoms with van der Waals surface area (Å²) in [7, 11) is 2.94. The number of carbonyl (C=O) groups is 1. The topological polar surface area (TPSA) is 97.3 Å². The Bertz CT molecular complexity index is 1100. The lowest BCUT2D eigenvalue weighted by atomic mass is 10.3. The van der Waals surface area contributed by atoms with Crippen LogP contribution < -0.4 is 16.0 Å². The number of hydrogen-bond acceptors (Lipinski definition) is 6. The van der Waals surface area contributed by atoms with Crippen LogP contribution >= 0.6 is 11.6 Å². The van der Waals surface area contributed by atoms with Crippen LogP contribution in [0.2, 0.25) is 5.02 Å². The number of ether oxygens (including phenoxy) is 2. The first-order chi connectivity index (χ1) is 12.9. The van der Waals surface area contributed by atoms with Crippen LogP contribution in [-0.4, -0.2) is 37.9 Å². The lowest BCUT2D eigenvalue weighted by Gasteiger charge is -2.09. The molecule has 0 atom stereocenters. The summed E-state index contributed by atoms with van der Waals surface area (Å²) in [6.07, 6.45) is 1.43. The third kappa shape index (κ3) is 3.87. The van der Waals surface area contributed by atoms with E-state index in [2.05, 4.69) is 4.98 Å². The van der Waals surface area contributed by atoms with E-state index in [0.29, 0.717) is 10.8 Å². The Hall–Kier alpha value is -3.07. The average Bonchev–Trinajstić information content (AvgIpc) is 3.08. The normalized spacial score (nSPS) is 10.9. The Kier molecular flexibility index (Phi) is 5.31. The predicted molar refractivity (Wildman–Crippen MR) is 98.1 cm³/mol. The van der Waals surface area contributed by atoms with Gasteiger partial charge in [0.2, 0.25) is 0 Å². The first kappa shape index (κ1) is 18.7. The van der Waals surface area contributed by atoms with E-state index >= 15 is 0 Å². The summed E-state index contributed by atoms with van der Waals surface area (Å²) < 4.78 is 14.3. The van der Waals surface area contributed by atoms with Crippen molar-refractivity contribution in [3.63, 3.8) is 0 Å². The van der Waals surface area contributed by atoms with Gasteiger partial charge in [0.15, 0.2) is 17.8 Å². The fourth-order valence-electron chi connectivity index (χ4n) is 2.54. The minimum absolute atomic E-state index is 0.0280. The SMILES string of the molecule is Cn1c(=O)c2c(ncn2CCOC(=O)COc2ccc(Cl)cc2)n(C)c1=O. The van der Waals surface area contributed by atoms with Crippen molar-refractivity contribution in [1.82, 2.24) is 18.7 Å². The number of imidazole rings is 1. The molecule has 0 N–H and O–H groups in total. The van der Waals surface area contributed by atoms with E-state index in [-0.39, 0.29) is 30.9 Å². The minimum atomic E-state index is -0.547. The lowest BCUT2D eigenvalue weighted by Crippen LogP contribution is -2.37. The maximum absolute atomic E-state index is 12.3. The summed E-state index contributed by atoms with van der Waals surface area (Å²) in [5, 5.41) is 0.570. The first-order valence-corrected chi connectivity index (χ1v) is 8.41. The second-order valence-electron chi connectivity index (χ2n) is 5.78. The predicted octanol–water partition coefficient (Wildman–Crippen LogP) is 0.709. The van der Waals surface area contributed by atoms with Crippen LogP contribution in [0.5, 0.6) is 5.75 Å². The van der Waals surface area contributed by atoms with E-state index in [1.54, 1.807) is 28.8 Å². The van der Waals surface area contributed by atoms with Crippen LogP contribution in [0.1, 0.15) is 0 Å². The zero-order valence-electron chi connectivity index (χ0n) is 14.7. The standard InChI is InChI=1S/C17H17ClN4O5/c1-20-15-14(16(24)21(2)17(20)25)22(10-19-15)7-8-26-13(23)9-27-12-5-3-11(18)4-6-12/h3-6,10H,7-9H2,1-2H3. The summed E-state index contributed by atoms with van der Waals surface area (Å²) >= 11 is 5.78. The highest BCUT2D eigenvalue weighted by molar-refractivity contribution is 6.30. The molecule has 0 amide bonds. The molecule has 0 fully saturated rings. The molecule has 0 aliphatic rings. The molecule has 0 saturated carbocycles. The van der Waals surface area contributed by atoms with Crippen molar-refractivity contribution in [2.24, 2.45) is 14.1 Å². The molecule has 0 bridgehead atoms. The molecule has 9 nitrogen and oxygen atoms in total. The zero-order chi connectivity index (χ0) is 19.6. The van der Waals surface area contributed by atoms with Crippen molar-refractivity contribution in [1.29, 1.82) is 0 Å². The van der Waals surface area contributed by atoms with Gasteiger partial charge in [0, 0.05) is 19.1 Å². The Morgan fingerprint density at radius 1 is 1.15 bits per heavy atom. The number of aromatic nitrogens is 4. The monoisotopic (exact) mass is 392 g/mol. The molecule has 3 rings (SSSR count). The van der Waals surface area contributed by atoms with Crippen molar-refractivity contribution in [2.75, 3.05) is 13.2 Å². The Morgan fingerprint density at radius 3 is 2.56 bits per heavy atom. The second kappa shape index (κ2) is 7.67. The Labute approximate surface area is 158 Å². The number of nitrogens with zero attached hydrogens (tertiary/aromatic N) is 4. The number of rotatable bonds is 6. The minimum Gasteiger partial charge on any atom is -0.482 e. The van der Waals surface area contributed by atoms with Gasteiger partial charge in [-0.1, -0.05) is 11.6 Å². The van der Waals surface area contributed by atoms with Gasteiger partial charge in [-0.2, -0.15) is 0 Å². The molecule has 0 radical (unpaired) electrons. The number of hydrogen-bond donors (Lipinski definition) is 0. The molecule has 0 unspecified atom stereocenters. The maximum Gasteiger partial charge on any atom is 0.344 e. The van der Waals surface area contributed by atoms with Gasteiger partial charge in [0.25, 0.3) is 5.56 Å². The highest BCUT2D eigenvalue weighted by atomic mass is 35.5. The molecule has 142 valence electrons. The van der Waals surface area contributed by atoms with E-state index in [4.69, 9.17) is 21.1 Å². The van der Waals surface area contributed by atoms with Crippen LogP contribution in [0.15, 0.2) is 40.2 Å². The molecule has 0 aliphatic carbocycles. The largest absolute Gasteiger partial charge is 0.482 e. The molecule has 10 heteroatoms. The smallest absolute Gasteiger partial charge is 0.344 e. The number of esters is 1. The third-order valence-corrected chi connectivity index (χ3v) is 4.23. The van der Waals surface area contributed by atoms with E-state index in [9.17, 15) is 14.4 Å². The summed E-state index contributed by atoms with van der Waals surface area (Å²) in [6, 6.07) is 6.60.